The maximum Gasteiger partial charge on any atom is 0.328 e. The van der Waals surface area contributed by atoms with Crippen molar-refractivity contribution >= 4 is 53.0 Å². The Hall–Kier alpha value is -5.72. The molecule has 2 fully saturated rings. The first-order valence-electron chi connectivity index (χ1n) is 26.9. The molecule has 3 N–H and O–H groups in total. The molecule has 2 heterocycles. The summed E-state index contributed by atoms with van der Waals surface area (Å²) >= 11 is 0. The van der Waals surface area contributed by atoms with Crippen molar-refractivity contribution in [1.29, 1.82) is 0 Å². The van der Waals surface area contributed by atoms with E-state index in [4.69, 9.17) is 14.2 Å². The summed E-state index contributed by atoms with van der Waals surface area (Å²) in [6.45, 7) is 14.7. The van der Waals surface area contributed by atoms with Gasteiger partial charge in [-0.05, 0) is 73.7 Å². The summed E-state index contributed by atoms with van der Waals surface area (Å²) in [5.74, 6) is -3.46. The van der Waals surface area contributed by atoms with Crippen LogP contribution in [-0.2, 0) is 65.5 Å². The number of methoxy groups -OCH3 is 3. The number of hydrogen-bond donors (Lipinski definition) is 3. The number of carbonyl (C=O) groups excluding carboxylic acids is 8. The molecular weight excluding hydrogens is 959 g/mol. The van der Waals surface area contributed by atoms with Crippen LogP contribution in [-0.4, -0.2) is 158 Å². The summed E-state index contributed by atoms with van der Waals surface area (Å²) in [4.78, 5) is 113. The standard InChI is InChI=1S/C57H87N7O11/c1-13-38(6)52(45(73-10)34-49(68)63-31-21-26-44(63)53(74-11)39(7)54(69)59-43(57(72)75-12)33-40-22-16-14-17-23-40)62(9)56(71)50(36(2)3)60-55(70)51(37(4)5)61(8)35-41-24-20-25-42(32-41)58-46(65)27-18-15-19-30-64-47(66)28-29-48(64)67/h14,16-17,20,22-25,32,36-39,43-45,50-53H,13,15,18-19,21,26-31,33-35H2,1-12H3,(H,58,65)(H,59,69)(H,60,70)/t38-,39+,43-,44-,45+,50-,51-,52-,53+/m0/s1. The van der Waals surface area contributed by atoms with Crippen molar-refractivity contribution in [1.82, 2.24) is 30.2 Å². The summed E-state index contributed by atoms with van der Waals surface area (Å²) < 4.78 is 17.1. The Morgan fingerprint density at radius 2 is 1.45 bits per heavy atom. The SMILES string of the molecule is CC[C@H](C)[C@@H]([C@@H](CC(=O)N1CCC[C@H]1[C@H](OC)[C@@H](C)C(=O)N[C@@H](Cc1ccccc1)C(=O)OC)OC)N(C)C(=O)[C@@H](NC(=O)[C@H](C(C)C)N(C)Cc1cccc(NC(=O)CCCCCN2C(=O)CCC2=O)c1)C(C)C. The molecule has 0 saturated carbocycles. The summed E-state index contributed by atoms with van der Waals surface area (Å²) in [7, 11) is 7.90. The van der Waals surface area contributed by atoms with Crippen LogP contribution in [0.3, 0.4) is 0 Å². The molecule has 2 aliphatic heterocycles. The largest absolute Gasteiger partial charge is 0.467 e. The molecule has 2 aromatic carbocycles. The second-order valence-electron chi connectivity index (χ2n) is 21.2. The van der Waals surface area contributed by atoms with Gasteiger partial charge in [-0.1, -0.05) is 104 Å². The molecule has 0 spiro atoms. The van der Waals surface area contributed by atoms with Crippen LogP contribution in [0, 0.1) is 23.7 Å². The number of amides is 7. The smallest absolute Gasteiger partial charge is 0.328 e. The molecule has 9 atom stereocenters. The number of nitrogens with zero attached hydrogens (tertiary/aromatic N) is 4. The minimum atomic E-state index is -0.921. The Balaban J connectivity index is 1.40. The van der Waals surface area contributed by atoms with E-state index in [9.17, 15) is 38.4 Å². The molecule has 75 heavy (non-hydrogen) atoms. The van der Waals surface area contributed by atoms with Gasteiger partial charge in [0.15, 0.2) is 0 Å². The van der Waals surface area contributed by atoms with Gasteiger partial charge >= 0.3 is 5.97 Å². The zero-order valence-corrected chi connectivity index (χ0v) is 46.7. The highest BCUT2D eigenvalue weighted by Crippen LogP contribution is 2.30. The van der Waals surface area contributed by atoms with Gasteiger partial charge in [0.2, 0.25) is 41.4 Å². The van der Waals surface area contributed by atoms with E-state index < -0.39 is 60.2 Å². The van der Waals surface area contributed by atoms with Gasteiger partial charge in [-0.25, -0.2) is 4.79 Å². The quantitative estimate of drug-likeness (QED) is 0.0485. The lowest BCUT2D eigenvalue weighted by Crippen LogP contribution is -2.60. The lowest BCUT2D eigenvalue weighted by Gasteiger charge is -2.41. The van der Waals surface area contributed by atoms with E-state index in [1.165, 1.54) is 26.2 Å². The van der Waals surface area contributed by atoms with Gasteiger partial charge in [0, 0.05) is 72.3 Å². The average Bonchev–Trinajstić information content (AvgIpc) is 3.99. The van der Waals surface area contributed by atoms with E-state index in [2.05, 4.69) is 16.0 Å². The molecule has 416 valence electrons. The predicted molar refractivity (Wildman–Crippen MR) is 287 cm³/mol. The second-order valence-corrected chi connectivity index (χ2v) is 21.2. The highest BCUT2D eigenvalue weighted by atomic mass is 16.5. The fraction of sp³-hybridized carbons (Fsp3) is 0.649. The summed E-state index contributed by atoms with van der Waals surface area (Å²) in [6, 6.07) is 13.4. The third-order valence-electron chi connectivity index (χ3n) is 15.0. The Morgan fingerprint density at radius 3 is 2.05 bits per heavy atom. The highest BCUT2D eigenvalue weighted by Gasteiger charge is 2.44. The minimum absolute atomic E-state index is 0.0466. The van der Waals surface area contributed by atoms with Crippen molar-refractivity contribution < 1.29 is 52.6 Å². The molecule has 2 saturated heterocycles. The molecule has 7 amide bonds. The third kappa shape index (κ3) is 17.4. The molecule has 2 aromatic rings. The normalized spacial score (nSPS) is 18.0. The van der Waals surface area contributed by atoms with Crippen molar-refractivity contribution in [3.05, 3.63) is 65.7 Å². The van der Waals surface area contributed by atoms with Gasteiger partial charge in [0.25, 0.3) is 0 Å². The van der Waals surface area contributed by atoms with Crippen molar-refractivity contribution in [2.45, 2.75) is 168 Å². The van der Waals surface area contributed by atoms with Crippen LogP contribution in [0.5, 0.6) is 0 Å². The molecule has 0 unspecified atom stereocenters. The number of unbranched alkanes of at least 4 members (excludes halogenated alkanes) is 2. The van der Waals surface area contributed by atoms with Crippen molar-refractivity contribution in [3.8, 4) is 0 Å². The molecule has 0 radical (unpaired) electrons. The van der Waals surface area contributed by atoms with E-state index in [1.54, 1.807) is 23.8 Å². The molecule has 0 bridgehead atoms. The zero-order valence-electron chi connectivity index (χ0n) is 46.7. The van der Waals surface area contributed by atoms with Crippen LogP contribution in [0.2, 0.25) is 0 Å². The van der Waals surface area contributed by atoms with Crippen LogP contribution < -0.4 is 16.0 Å². The summed E-state index contributed by atoms with van der Waals surface area (Å²) in [5, 5.41) is 8.95. The van der Waals surface area contributed by atoms with Gasteiger partial charge in [-0.2, -0.15) is 0 Å². The first kappa shape index (κ1) is 61.8. The van der Waals surface area contributed by atoms with E-state index in [0.29, 0.717) is 70.3 Å². The lowest BCUT2D eigenvalue weighted by atomic mass is 9.89. The van der Waals surface area contributed by atoms with Crippen LogP contribution >= 0.6 is 0 Å². The predicted octanol–water partition coefficient (Wildman–Crippen LogP) is 5.75. The van der Waals surface area contributed by atoms with Crippen molar-refractivity contribution in [2.24, 2.45) is 23.7 Å². The number of ether oxygens (including phenoxy) is 3. The zero-order chi connectivity index (χ0) is 55.5. The summed E-state index contributed by atoms with van der Waals surface area (Å²) in [5.41, 5.74) is 2.37. The highest BCUT2D eigenvalue weighted by molar-refractivity contribution is 6.02. The molecule has 18 nitrogen and oxygen atoms in total. The molecule has 2 aliphatic rings. The number of likely N-dealkylation sites (tertiary alicyclic amines) is 2. The van der Waals surface area contributed by atoms with Crippen LogP contribution in [0.4, 0.5) is 5.69 Å². The van der Waals surface area contributed by atoms with E-state index in [1.807, 2.05) is 108 Å². The Labute approximate surface area is 445 Å². The van der Waals surface area contributed by atoms with Gasteiger partial charge in [-0.3, -0.25) is 43.4 Å². The Kier molecular flexibility index (Phi) is 24.8. The van der Waals surface area contributed by atoms with Crippen LogP contribution in [0.15, 0.2) is 54.6 Å². The Morgan fingerprint density at radius 1 is 0.787 bits per heavy atom. The van der Waals surface area contributed by atoms with E-state index in [-0.39, 0.29) is 78.9 Å². The molecule has 18 heteroatoms. The fourth-order valence-electron chi connectivity index (χ4n) is 10.7. The van der Waals surface area contributed by atoms with Gasteiger partial charge in [0.05, 0.1) is 49.8 Å². The summed E-state index contributed by atoms with van der Waals surface area (Å²) in [6.07, 6.45) is 3.58. The maximum absolute atomic E-state index is 14.8. The average molecular weight is 1050 g/mol. The van der Waals surface area contributed by atoms with E-state index in [0.717, 1.165) is 11.1 Å². The number of benzene rings is 2. The molecular formula is C57H87N7O11. The van der Waals surface area contributed by atoms with E-state index >= 15 is 0 Å². The number of anilines is 1. The van der Waals surface area contributed by atoms with Crippen LogP contribution in [0.1, 0.15) is 124 Å². The number of likely N-dealkylation sites (N-methyl/N-ethyl adjacent to an activating group) is 2. The second kappa shape index (κ2) is 30.1. The monoisotopic (exact) mass is 1050 g/mol. The van der Waals surface area contributed by atoms with Gasteiger partial charge in [0.1, 0.15) is 12.1 Å². The maximum atomic E-state index is 14.8. The first-order valence-corrected chi connectivity index (χ1v) is 26.9. The lowest BCUT2D eigenvalue weighted by molar-refractivity contribution is -0.149. The third-order valence-corrected chi connectivity index (χ3v) is 15.0. The minimum Gasteiger partial charge on any atom is -0.467 e. The number of hydrogen-bond acceptors (Lipinski definition) is 12. The van der Waals surface area contributed by atoms with Gasteiger partial charge < -0.3 is 40.0 Å². The fourth-order valence-corrected chi connectivity index (χ4v) is 10.7. The number of carbonyl (C=O) groups is 8. The molecule has 0 aliphatic carbocycles. The topological polar surface area (TPSA) is 213 Å². The molecule has 0 aromatic heterocycles. The Bertz CT molecular complexity index is 2210. The van der Waals surface area contributed by atoms with Crippen LogP contribution in [0.25, 0.3) is 0 Å². The van der Waals surface area contributed by atoms with Crippen molar-refractivity contribution in [2.75, 3.05) is 53.8 Å². The first-order chi connectivity index (χ1) is 35.7. The number of imide groups is 1. The van der Waals surface area contributed by atoms with Crippen molar-refractivity contribution in [3.63, 3.8) is 0 Å². The molecule has 4 rings (SSSR count). The number of esters is 1. The number of rotatable bonds is 30. The number of nitrogens with one attached hydrogen (secondary N) is 3. The van der Waals surface area contributed by atoms with Gasteiger partial charge in [-0.15, -0.1) is 0 Å².